The summed E-state index contributed by atoms with van der Waals surface area (Å²) in [4.78, 5) is 30.9. The highest BCUT2D eigenvalue weighted by atomic mass is 32.1. The summed E-state index contributed by atoms with van der Waals surface area (Å²) < 4.78 is 0. The predicted octanol–water partition coefficient (Wildman–Crippen LogP) is 1.58. The third kappa shape index (κ3) is 3.90. The summed E-state index contributed by atoms with van der Waals surface area (Å²) in [5.74, 6) is -0.421. The number of hydrogen-bond acceptors (Lipinski definition) is 5. The van der Waals surface area contributed by atoms with Crippen LogP contribution < -0.4 is 5.32 Å². The molecule has 2 rings (SSSR count). The zero-order chi connectivity index (χ0) is 17.2. The number of carbonyl (C=O) groups excluding carboxylic acids is 2. The quantitative estimate of drug-likeness (QED) is 0.824. The van der Waals surface area contributed by atoms with Crippen LogP contribution in [0.2, 0.25) is 0 Å². The predicted molar refractivity (Wildman–Crippen MR) is 89.4 cm³/mol. The molecule has 0 aromatic carbocycles. The number of nitrogens with one attached hydrogen (secondary N) is 1. The van der Waals surface area contributed by atoms with E-state index in [1.165, 1.54) is 11.3 Å². The highest BCUT2D eigenvalue weighted by Crippen LogP contribution is 2.36. The molecule has 1 aliphatic rings. The van der Waals surface area contributed by atoms with E-state index in [4.69, 9.17) is 0 Å². The van der Waals surface area contributed by atoms with E-state index in [0.717, 1.165) is 25.0 Å². The summed E-state index contributed by atoms with van der Waals surface area (Å²) in [6.45, 7) is 5.59. The Balaban J connectivity index is 1.88. The third-order valence-electron chi connectivity index (χ3n) is 4.57. The van der Waals surface area contributed by atoms with Crippen molar-refractivity contribution in [2.45, 2.75) is 51.7 Å². The van der Waals surface area contributed by atoms with Gasteiger partial charge in [0.1, 0.15) is 10.5 Å². The Labute approximate surface area is 140 Å². The van der Waals surface area contributed by atoms with Crippen molar-refractivity contribution in [1.29, 1.82) is 0 Å². The van der Waals surface area contributed by atoms with E-state index in [2.05, 4.69) is 10.3 Å². The number of rotatable bonds is 6. The molecule has 128 valence electrons. The van der Waals surface area contributed by atoms with E-state index < -0.39 is 5.60 Å². The van der Waals surface area contributed by atoms with Gasteiger partial charge in [0.25, 0.3) is 11.8 Å². The molecule has 1 heterocycles. The van der Waals surface area contributed by atoms with Crippen LogP contribution in [0.3, 0.4) is 0 Å². The molecule has 2 unspecified atom stereocenters. The van der Waals surface area contributed by atoms with Crippen LogP contribution in [0.15, 0.2) is 5.51 Å². The van der Waals surface area contributed by atoms with E-state index in [0.29, 0.717) is 11.4 Å². The lowest BCUT2D eigenvalue weighted by molar-refractivity contribution is -0.148. The smallest absolute Gasteiger partial charge is 0.265 e. The SMILES string of the molecule is Cc1ncsc1C(=O)N(C)CC(C)NC(=O)C(C)(O)C1CCC1. The number of aryl methyl sites for hydroxylation is 1. The highest BCUT2D eigenvalue weighted by molar-refractivity contribution is 7.11. The summed E-state index contributed by atoms with van der Waals surface area (Å²) in [5.41, 5.74) is 1.04. The topological polar surface area (TPSA) is 82.5 Å². The summed E-state index contributed by atoms with van der Waals surface area (Å²) in [6, 6.07) is -0.240. The van der Waals surface area contributed by atoms with Gasteiger partial charge in [-0.3, -0.25) is 9.59 Å². The molecule has 0 bridgehead atoms. The molecule has 1 aliphatic carbocycles. The third-order valence-corrected chi connectivity index (χ3v) is 5.49. The second-order valence-corrected chi connectivity index (χ2v) is 7.46. The van der Waals surface area contributed by atoms with E-state index in [1.807, 2.05) is 6.92 Å². The van der Waals surface area contributed by atoms with Crippen LogP contribution in [0.25, 0.3) is 0 Å². The number of carbonyl (C=O) groups is 2. The van der Waals surface area contributed by atoms with E-state index in [1.54, 1.807) is 31.3 Å². The van der Waals surface area contributed by atoms with Crippen LogP contribution in [0.1, 0.15) is 48.5 Å². The maximum absolute atomic E-state index is 12.3. The molecule has 23 heavy (non-hydrogen) atoms. The first kappa shape index (κ1) is 17.9. The number of aliphatic hydroxyl groups is 1. The average molecular weight is 339 g/mol. The molecule has 0 radical (unpaired) electrons. The average Bonchev–Trinajstić information content (AvgIpc) is 2.81. The summed E-state index contributed by atoms with van der Waals surface area (Å²) in [7, 11) is 1.70. The normalized spacial score (nSPS) is 18.7. The van der Waals surface area contributed by atoms with Crippen LogP contribution in [0.4, 0.5) is 0 Å². The second-order valence-electron chi connectivity index (χ2n) is 6.60. The molecular formula is C16H25N3O3S. The molecule has 7 heteroatoms. The first-order valence-corrected chi connectivity index (χ1v) is 8.80. The van der Waals surface area contributed by atoms with Gasteiger partial charge in [0.2, 0.25) is 0 Å². The molecule has 1 aromatic rings. The number of aromatic nitrogens is 1. The number of nitrogens with zero attached hydrogens (tertiary/aromatic N) is 2. The zero-order valence-electron chi connectivity index (χ0n) is 14.1. The van der Waals surface area contributed by atoms with Crippen LogP contribution in [-0.4, -0.2) is 52.0 Å². The van der Waals surface area contributed by atoms with Gasteiger partial charge >= 0.3 is 0 Å². The Morgan fingerprint density at radius 1 is 1.57 bits per heavy atom. The molecule has 1 fully saturated rings. The van der Waals surface area contributed by atoms with Crippen molar-refractivity contribution in [3.8, 4) is 0 Å². The van der Waals surface area contributed by atoms with E-state index in [9.17, 15) is 14.7 Å². The fraction of sp³-hybridized carbons (Fsp3) is 0.688. The minimum Gasteiger partial charge on any atom is -0.380 e. The molecule has 2 atom stereocenters. The van der Waals surface area contributed by atoms with Gasteiger partial charge in [-0.25, -0.2) is 4.98 Å². The molecule has 0 spiro atoms. The molecule has 2 amide bonds. The Kier molecular flexibility index (Phi) is 5.41. The molecule has 2 N–H and O–H groups in total. The van der Waals surface area contributed by atoms with Gasteiger partial charge in [-0.15, -0.1) is 11.3 Å². The van der Waals surface area contributed by atoms with Gasteiger partial charge in [0.15, 0.2) is 0 Å². The lowest BCUT2D eigenvalue weighted by Gasteiger charge is -2.38. The molecule has 1 aromatic heterocycles. The minimum atomic E-state index is -1.33. The first-order chi connectivity index (χ1) is 10.7. The van der Waals surface area contributed by atoms with Crippen molar-refractivity contribution >= 4 is 23.2 Å². The van der Waals surface area contributed by atoms with Crippen molar-refractivity contribution in [2.75, 3.05) is 13.6 Å². The largest absolute Gasteiger partial charge is 0.380 e. The van der Waals surface area contributed by atoms with Crippen molar-refractivity contribution in [3.05, 3.63) is 16.1 Å². The summed E-state index contributed by atoms with van der Waals surface area (Å²) >= 11 is 1.32. The Bertz CT molecular complexity index is 581. The lowest BCUT2D eigenvalue weighted by atomic mass is 9.73. The van der Waals surface area contributed by atoms with E-state index in [-0.39, 0.29) is 23.8 Å². The number of hydrogen-bond donors (Lipinski definition) is 2. The van der Waals surface area contributed by atoms with E-state index >= 15 is 0 Å². The Morgan fingerprint density at radius 2 is 2.22 bits per heavy atom. The fourth-order valence-electron chi connectivity index (χ4n) is 2.75. The zero-order valence-corrected chi connectivity index (χ0v) is 14.9. The van der Waals surface area contributed by atoms with Crippen LogP contribution in [0, 0.1) is 12.8 Å². The highest BCUT2D eigenvalue weighted by Gasteiger charge is 2.42. The summed E-state index contributed by atoms with van der Waals surface area (Å²) in [5, 5.41) is 13.2. The van der Waals surface area contributed by atoms with Crippen molar-refractivity contribution in [1.82, 2.24) is 15.2 Å². The maximum atomic E-state index is 12.3. The fourth-order valence-corrected chi connectivity index (χ4v) is 3.54. The van der Waals surface area contributed by atoms with Crippen molar-refractivity contribution in [3.63, 3.8) is 0 Å². The standard InChI is InChI=1S/C16H25N3O3S/c1-10(18-15(21)16(3,22)12-6-5-7-12)8-19(4)14(20)13-11(2)17-9-23-13/h9-10,12,22H,5-8H2,1-4H3,(H,18,21). The Hall–Kier alpha value is -1.47. The van der Waals surface area contributed by atoms with Gasteiger partial charge < -0.3 is 15.3 Å². The van der Waals surface area contributed by atoms with Crippen molar-refractivity contribution < 1.29 is 14.7 Å². The minimum absolute atomic E-state index is 0.0360. The number of likely N-dealkylation sites (N-methyl/N-ethyl adjacent to an activating group) is 1. The van der Waals surface area contributed by atoms with Crippen LogP contribution >= 0.6 is 11.3 Å². The summed E-state index contributed by atoms with van der Waals surface area (Å²) in [6.07, 6.45) is 2.84. The molecular weight excluding hydrogens is 314 g/mol. The molecule has 0 aliphatic heterocycles. The van der Waals surface area contributed by atoms with Crippen LogP contribution in [0.5, 0.6) is 0 Å². The number of thiazole rings is 1. The molecule has 1 saturated carbocycles. The van der Waals surface area contributed by atoms with Gasteiger partial charge in [-0.05, 0) is 39.5 Å². The Morgan fingerprint density at radius 3 is 2.70 bits per heavy atom. The second kappa shape index (κ2) is 6.97. The molecule has 6 nitrogen and oxygen atoms in total. The van der Waals surface area contributed by atoms with Gasteiger partial charge in [0, 0.05) is 19.6 Å². The first-order valence-electron chi connectivity index (χ1n) is 7.92. The lowest BCUT2D eigenvalue weighted by Crippen LogP contribution is -2.55. The van der Waals surface area contributed by atoms with Gasteiger partial charge in [-0.2, -0.15) is 0 Å². The monoisotopic (exact) mass is 339 g/mol. The van der Waals surface area contributed by atoms with Gasteiger partial charge in [-0.1, -0.05) is 6.42 Å². The van der Waals surface area contributed by atoms with Crippen LogP contribution in [-0.2, 0) is 4.79 Å². The van der Waals surface area contributed by atoms with Gasteiger partial charge in [0.05, 0.1) is 11.2 Å². The molecule has 0 saturated heterocycles. The number of amides is 2. The van der Waals surface area contributed by atoms with Crippen molar-refractivity contribution in [2.24, 2.45) is 5.92 Å². The maximum Gasteiger partial charge on any atom is 0.265 e.